The van der Waals surface area contributed by atoms with Gasteiger partial charge >= 0.3 is 5.69 Å². The number of aliphatic hydroxyl groups is 6. The van der Waals surface area contributed by atoms with Gasteiger partial charge in [0.25, 0.3) is 11.1 Å². The Hall–Kier alpha value is -2.71. The molecule has 0 aromatic carbocycles. The van der Waals surface area contributed by atoms with E-state index in [2.05, 4.69) is 19.9 Å². The van der Waals surface area contributed by atoms with Gasteiger partial charge in [-0.3, -0.25) is 28.7 Å². The molecule has 0 aliphatic carbocycles. The SMILES string of the molecule is Nc1nc2c(ncn2[C@@H]2S[C@H](CO)[C@@H](O)[C@H]2O)c(=O)[nH]1.O=c1ccn([C@@H]2S[C@H](CO)[C@@H](O)[C@H]2O)c(=O)[nH]1. The smallest absolute Gasteiger partial charge is 0.329 e. The number of aromatic amines is 2. The van der Waals surface area contributed by atoms with Crippen LogP contribution in [0, 0.1) is 0 Å². The van der Waals surface area contributed by atoms with Crippen molar-refractivity contribution in [3.63, 3.8) is 0 Å². The molecule has 3 aromatic heterocycles. The highest BCUT2D eigenvalue weighted by Crippen LogP contribution is 2.42. The van der Waals surface area contributed by atoms with Crippen molar-refractivity contribution in [2.45, 2.75) is 45.7 Å². The van der Waals surface area contributed by atoms with Crippen LogP contribution >= 0.6 is 23.5 Å². The summed E-state index contributed by atoms with van der Waals surface area (Å²) in [5, 5.41) is 55.1. The van der Waals surface area contributed by atoms with Gasteiger partial charge in [0.15, 0.2) is 11.2 Å². The highest BCUT2D eigenvalue weighted by molar-refractivity contribution is 8.00. The lowest BCUT2D eigenvalue weighted by Gasteiger charge is -2.17. The van der Waals surface area contributed by atoms with Crippen molar-refractivity contribution in [3.8, 4) is 0 Å². The molecule has 8 atom stereocenters. The van der Waals surface area contributed by atoms with Crippen LogP contribution in [0.1, 0.15) is 10.7 Å². The predicted octanol–water partition coefficient (Wildman–Crippen LogP) is -4.11. The zero-order valence-electron chi connectivity index (χ0n) is 18.9. The number of hydrogen-bond acceptors (Lipinski definition) is 14. The fourth-order valence-electron chi connectivity index (χ4n) is 3.98. The summed E-state index contributed by atoms with van der Waals surface area (Å²) in [5.74, 6) is -0.0546. The van der Waals surface area contributed by atoms with Crippen LogP contribution in [0.2, 0.25) is 0 Å². The summed E-state index contributed by atoms with van der Waals surface area (Å²) >= 11 is 2.28. The molecular formula is C19H25N7O9S2. The van der Waals surface area contributed by atoms with Gasteiger partial charge in [0.05, 0.1) is 42.2 Å². The predicted molar refractivity (Wildman–Crippen MR) is 133 cm³/mol. The molecule has 2 aliphatic rings. The van der Waals surface area contributed by atoms with Gasteiger partial charge in [0.1, 0.15) is 23.0 Å². The first-order valence-electron chi connectivity index (χ1n) is 10.9. The lowest BCUT2D eigenvalue weighted by Crippen LogP contribution is -2.37. The fourth-order valence-corrected chi connectivity index (χ4v) is 6.74. The van der Waals surface area contributed by atoms with E-state index in [1.807, 2.05) is 0 Å². The highest BCUT2D eigenvalue weighted by Gasteiger charge is 2.44. The molecule has 202 valence electrons. The van der Waals surface area contributed by atoms with Gasteiger partial charge in [-0.1, -0.05) is 0 Å². The van der Waals surface area contributed by atoms with E-state index < -0.39 is 62.5 Å². The molecule has 5 rings (SSSR count). The van der Waals surface area contributed by atoms with Gasteiger partial charge in [0, 0.05) is 12.3 Å². The Labute approximate surface area is 214 Å². The zero-order chi connectivity index (χ0) is 27.0. The maximum Gasteiger partial charge on any atom is 0.329 e. The number of hydrogen-bond donors (Lipinski definition) is 9. The van der Waals surface area contributed by atoms with E-state index >= 15 is 0 Å². The van der Waals surface area contributed by atoms with Gasteiger partial charge in [-0.25, -0.2) is 9.78 Å². The fraction of sp³-hybridized carbons (Fsp3) is 0.526. The van der Waals surface area contributed by atoms with Crippen LogP contribution < -0.4 is 22.5 Å². The van der Waals surface area contributed by atoms with Crippen molar-refractivity contribution >= 4 is 40.6 Å². The second-order valence-electron chi connectivity index (χ2n) is 8.25. The minimum atomic E-state index is -1.17. The van der Waals surface area contributed by atoms with Crippen molar-refractivity contribution in [3.05, 3.63) is 49.8 Å². The monoisotopic (exact) mass is 559 g/mol. The third-order valence-electron chi connectivity index (χ3n) is 5.88. The minimum absolute atomic E-state index is 0.0546. The molecule has 37 heavy (non-hydrogen) atoms. The quantitative estimate of drug-likeness (QED) is 0.147. The van der Waals surface area contributed by atoms with Crippen LogP contribution in [-0.4, -0.2) is 108 Å². The van der Waals surface area contributed by atoms with Crippen LogP contribution in [0.5, 0.6) is 0 Å². The average molecular weight is 560 g/mol. The standard InChI is InChI=1S/C10H13N5O4S.C9H12N2O5S/c11-10-13-7-4(8(19)14-10)12-2-15(7)9-6(18)5(17)3(1-16)20-9;12-3-4-6(14)7(15)8(17-4)11-2-1-5(13)10-9(11)16/h2-3,5-6,9,16-18H,1H2,(H3,11,13,14,19);1-2,4,6-8,12,14-15H,3H2,(H,10,13,16)/t3-,5-,6-,9-;4-,6-,7-,8-/m11/s1. The summed E-state index contributed by atoms with van der Waals surface area (Å²) in [6.07, 6.45) is -1.81. The Bertz CT molecular complexity index is 1430. The van der Waals surface area contributed by atoms with Crippen LogP contribution in [0.3, 0.4) is 0 Å². The molecule has 0 spiro atoms. The molecule has 0 bridgehead atoms. The van der Waals surface area contributed by atoms with E-state index in [1.54, 1.807) is 0 Å². The number of nitrogen functional groups attached to an aromatic ring is 1. The third kappa shape index (κ3) is 5.18. The Morgan fingerprint density at radius 1 is 0.892 bits per heavy atom. The molecule has 0 unspecified atom stereocenters. The van der Waals surface area contributed by atoms with Crippen molar-refractivity contribution in [1.29, 1.82) is 0 Å². The molecule has 16 nitrogen and oxygen atoms in total. The molecule has 18 heteroatoms. The first-order chi connectivity index (χ1) is 17.6. The van der Waals surface area contributed by atoms with Crippen LogP contribution in [0.4, 0.5) is 5.95 Å². The number of imidazole rings is 1. The summed E-state index contributed by atoms with van der Waals surface area (Å²) in [5.41, 5.74) is 4.19. The number of aliphatic hydroxyl groups excluding tert-OH is 6. The van der Waals surface area contributed by atoms with Crippen molar-refractivity contribution in [2.75, 3.05) is 18.9 Å². The van der Waals surface area contributed by atoms with E-state index in [4.69, 9.17) is 15.9 Å². The third-order valence-corrected chi connectivity index (χ3v) is 9.01. The average Bonchev–Trinajstić information content (AvgIpc) is 3.49. The maximum atomic E-state index is 11.7. The highest BCUT2D eigenvalue weighted by atomic mass is 32.2. The van der Waals surface area contributed by atoms with Gasteiger partial charge < -0.3 is 36.4 Å². The number of rotatable bonds is 4. The largest absolute Gasteiger partial charge is 0.395 e. The second-order valence-corrected chi connectivity index (χ2v) is 11.0. The summed E-state index contributed by atoms with van der Waals surface area (Å²) in [4.78, 5) is 46.4. The number of nitrogens with one attached hydrogen (secondary N) is 2. The van der Waals surface area contributed by atoms with Gasteiger partial charge in [-0.15, -0.1) is 23.5 Å². The van der Waals surface area contributed by atoms with E-state index in [0.29, 0.717) is 0 Å². The van der Waals surface area contributed by atoms with Crippen molar-refractivity contribution in [2.24, 2.45) is 0 Å². The van der Waals surface area contributed by atoms with Gasteiger partial charge in [-0.05, 0) is 0 Å². The first kappa shape index (κ1) is 27.3. The van der Waals surface area contributed by atoms with Gasteiger partial charge in [-0.2, -0.15) is 4.98 Å². The van der Waals surface area contributed by atoms with E-state index in [1.165, 1.54) is 28.9 Å². The van der Waals surface area contributed by atoms with E-state index in [-0.39, 0.29) is 30.3 Å². The Balaban J connectivity index is 0.000000176. The Morgan fingerprint density at radius 2 is 1.46 bits per heavy atom. The lowest BCUT2D eigenvalue weighted by atomic mass is 10.1. The number of nitrogens with zero attached hydrogens (tertiary/aromatic N) is 4. The first-order valence-corrected chi connectivity index (χ1v) is 12.7. The molecule has 2 aliphatic heterocycles. The molecule has 2 fully saturated rings. The Kier molecular flexibility index (Phi) is 8.09. The van der Waals surface area contributed by atoms with Crippen LogP contribution in [0.25, 0.3) is 11.2 Å². The molecule has 0 radical (unpaired) electrons. The molecule has 10 N–H and O–H groups in total. The summed E-state index contributed by atoms with van der Waals surface area (Å²) in [6, 6.07) is 1.16. The summed E-state index contributed by atoms with van der Waals surface area (Å²) < 4.78 is 2.62. The Morgan fingerprint density at radius 3 is 1.97 bits per heavy atom. The van der Waals surface area contributed by atoms with Crippen molar-refractivity contribution < 1.29 is 30.6 Å². The molecule has 0 saturated carbocycles. The van der Waals surface area contributed by atoms with Gasteiger partial charge in [0.2, 0.25) is 5.95 Å². The molecule has 3 aromatic rings. The molecule has 0 amide bonds. The van der Waals surface area contributed by atoms with Crippen molar-refractivity contribution in [1.82, 2.24) is 29.1 Å². The molecule has 2 saturated heterocycles. The lowest BCUT2D eigenvalue weighted by molar-refractivity contribution is 0.0101. The minimum Gasteiger partial charge on any atom is -0.395 e. The number of nitrogens with two attached hydrogens (primary N) is 1. The van der Waals surface area contributed by atoms with Crippen LogP contribution in [-0.2, 0) is 0 Å². The molecule has 5 heterocycles. The second kappa shape index (κ2) is 11.0. The number of anilines is 1. The zero-order valence-corrected chi connectivity index (χ0v) is 20.5. The van der Waals surface area contributed by atoms with Crippen LogP contribution in [0.15, 0.2) is 33.0 Å². The maximum absolute atomic E-state index is 11.7. The van der Waals surface area contributed by atoms with E-state index in [9.17, 15) is 34.8 Å². The summed E-state index contributed by atoms with van der Waals surface area (Å²) in [7, 11) is 0. The normalized spacial score (nSPS) is 31.4. The van der Waals surface area contributed by atoms with E-state index in [0.717, 1.165) is 22.4 Å². The number of thioether (sulfide) groups is 2. The number of H-pyrrole nitrogens is 2. The number of aromatic nitrogens is 6. The number of fused-ring (bicyclic) bond motifs is 1. The molecular weight excluding hydrogens is 534 g/mol. The summed E-state index contributed by atoms with van der Waals surface area (Å²) in [6.45, 7) is -0.556. The topological polar surface area (TPSA) is 266 Å².